The molecule has 0 aliphatic heterocycles. The van der Waals surface area contributed by atoms with E-state index >= 15 is 0 Å². The first kappa shape index (κ1) is 29.6. The molecule has 0 aliphatic rings. The van der Waals surface area contributed by atoms with Crippen LogP contribution in [0.25, 0.3) is 5.69 Å². The van der Waals surface area contributed by atoms with Crippen molar-refractivity contribution in [1.29, 1.82) is 0 Å². The van der Waals surface area contributed by atoms with Gasteiger partial charge in [0.05, 0.1) is 18.9 Å². The Morgan fingerprint density at radius 1 is 1.02 bits per heavy atom. The second-order valence-electron chi connectivity index (χ2n) is 8.63. The minimum atomic E-state index is -0.231. The van der Waals surface area contributed by atoms with E-state index in [2.05, 4.69) is 38.0 Å². The zero-order chi connectivity index (χ0) is 28.3. The summed E-state index contributed by atoms with van der Waals surface area (Å²) in [5.74, 6) is 1.83. The molecule has 0 fully saturated rings. The third-order valence-electron chi connectivity index (χ3n) is 5.50. The standard InChI is InChI=1S/C27H31N7O3S3/c1-4-6-14-37-21-12-10-19(11-13-21)24(36)28-16-22-30-32-26(34(22)20-9-7-8-18(3)15-20)39-17-23(35)29-25-31-33-27(40-25)38-5-2/h7-13,15H,4-6,14,16-17H2,1-3H3,(H,28,36)(H,29,31,35). The molecule has 0 aliphatic carbocycles. The van der Waals surface area contributed by atoms with Gasteiger partial charge in [-0.3, -0.25) is 19.5 Å². The molecule has 0 saturated heterocycles. The molecule has 0 radical (unpaired) electrons. The van der Waals surface area contributed by atoms with E-state index in [1.54, 1.807) is 36.0 Å². The van der Waals surface area contributed by atoms with Crippen molar-refractivity contribution >= 4 is 51.8 Å². The molecule has 2 N–H and O–H groups in total. The number of amides is 2. The first-order valence-electron chi connectivity index (χ1n) is 12.9. The number of benzene rings is 2. The van der Waals surface area contributed by atoms with Crippen molar-refractivity contribution in [2.75, 3.05) is 23.4 Å². The van der Waals surface area contributed by atoms with Gasteiger partial charge in [-0.15, -0.1) is 20.4 Å². The summed E-state index contributed by atoms with van der Waals surface area (Å²) < 4.78 is 8.35. The second-order valence-corrected chi connectivity index (χ2v) is 12.1. The fourth-order valence-corrected chi connectivity index (χ4v) is 6.00. The van der Waals surface area contributed by atoms with Gasteiger partial charge in [-0.2, -0.15) is 0 Å². The zero-order valence-corrected chi connectivity index (χ0v) is 25.0. The number of unbranched alkanes of at least 4 members (excludes halogenated alkanes) is 1. The Kier molecular flexibility index (Phi) is 11.0. The van der Waals surface area contributed by atoms with Gasteiger partial charge in [0.2, 0.25) is 11.0 Å². The fraction of sp³-hybridized carbons (Fsp3) is 0.333. The Hall–Kier alpha value is -3.42. The number of nitrogens with zero attached hydrogens (tertiary/aromatic N) is 5. The number of ether oxygens (including phenoxy) is 1. The van der Waals surface area contributed by atoms with Crippen molar-refractivity contribution in [1.82, 2.24) is 30.3 Å². The summed E-state index contributed by atoms with van der Waals surface area (Å²) in [4.78, 5) is 25.5. The van der Waals surface area contributed by atoms with E-state index < -0.39 is 0 Å². The summed E-state index contributed by atoms with van der Waals surface area (Å²) >= 11 is 4.18. The van der Waals surface area contributed by atoms with Crippen LogP contribution in [0.3, 0.4) is 0 Å². The molecule has 0 spiro atoms. The van der Waals surface area contributed by atoms with E-state index in [9.17, 15) is 9.59 Å². The average Bonchev–Trinajstić information content (AvgIpc) is 3.57. The first-order chi connectivity index (χ1) is 19.5. The van der Waals surface area contributed by atoms with Crippen LogP contribution >= 0.6 is 34.9 Å². The molecule has 2 aromatic heterocycles. The Balaban J connectivity index is 1.42. The molecule has 4 aromatic rings. The predicted octanol–water partition coefficient (Wildman–Crippen LogP) is 5.38. The van der Waals surface area contributed by atoms with Crippen molar-refractivity contribution in [3.8, 4) is 11.4 Å². The third kappa shape index (κ3) is 8.29. The minimum Gasteiger partial charge on any atom is -0.494 e. The number of carbonyl (C=O) groups excluding carboxylic acids is 2. The van der Waals surface area contributed by atoms with Gasteiger partial charge in [0.15, 0.2) is 15.3 Å². The van der Waals surface area contributed by atoms with Gasteiger partial charge in [0.25, 0.3) is 5.91 Å². The average molecular weight is 598 g/mol. The zero-order valence-electron chi connectivity index (χ0n) is 22.5. The lowest BCUT2D eigenvalue weighted by molar-refractivity contribution is -0.113. The van der Waals surface area contributed by atoms with Crippen LogP contribution in [0.1, 0.15) is 48.4 Å². The molecule has 0 saturated carbocycles. The summed E-state index contributed by atoms with van der Waals surface area (Å²) in [6.45, 7) is 6.95. The van der Waals surface area contributed by atoms with E-state index in [0.717, 1.165) is 39.9 Å². The Bertz CT molecular complexity index is 1420. The fourth-order valence-electron chi connectivity index (χ4n) is 3.56. The van der Waals surface area contributed by atoms with Crippen LogP contribution in [-0.4, -0.2) is 54.9 Å². The van der Waals surface area contributed by atoms with Crippen LogP contribution in [-0.2, 0) is 11.3 Å². The Labute approximate surface area is 245 Å². The highest BCUT2D eigenvalue weighted by atomic mass is 32.2. The number of hydrogen-bond acceptors (Lipinski definition) is 10. The second kappa shape index (κ2) is 14.8. The minimum absolute atomic E-state index is 0.110. The Morgan fingerprint density at radius 3 is 2.60 bits per heavy atom. The van der Waals surface area contributed by atoms with Crippen molar-refractivity contribution in [3.05, 3.63) is 65.5 Å². The number of hydrogen-bond donors (Lipinski definition) is 2. The van der Waals surface area contributed by atoms with Crippen molar-refractivity contribution in [3.63, 3.8) is 0 Å². The number of aryl methyl sites for hydroxylation is 1. The summed E-state index contributed by atoms with van der Waals surface area (Å²) in [7, 11) is 0. The molecule has 0 unspecified atom stereocenters. The lowest BCUT2D eigenvalue weighted by Gasteiger charge is -2.12. The van der Waals surface area contributed by atoms with Crippen LogP contribution in [0.15, 0.2) is 58.0 Å². The van der Waals surface area contributed by atoms with Crippen molar-refractivity contribution in [2.45, 2.75) is 49.7 Å². The normalized spacial score (nSPS) is 10.9. The van der Waals surface area contributed by atoms with Gasteiger partial charge in [0, 0.05) is 11.3 Å². The van der Waals surface area contributed by atoms with Gasteiger partial charge in [-0.25, -0.2) is 0 Å². The summed E-state index contributed by atoms with van der Waals surface area (Å²) in [6, 6.07) is 15.0. The molecule has 0 bridgehead atoms. The number of aromatic nitrogens is 5. The summed E-state index contributed by atoms with van der Waals surface area (Å²) in [5.41, 5.74) is 2.43. The molecular weight excluding hydrogens is 567 g/mol. The SMILES string of the molecule is CCCCOc1ccc(C(=O)NCc2nnc(SCC(=O)Nc3nnc(SCC)s3)n2-c2cccc(C)c2)cc1. The van der Waals surface area contributed by atoms with Gasteiger partial charge < -0.3 is 10.1 Å². The van der Waals surface area contributed by atoms with Gasteiger partial charge in [-0.1, -0.05) is 67.3 Å². The molecule has 210 valence electrons. The van der Waals surface area contributed by atoms with E-state index in [-0.39, 0.29) is 24.1 Å². The molecule has 40 heavy (non-hydrogen) atoms. The summed E-state index contributed by atoms with van der Waals surface area (Å²) in [6.07, 6.45) is 2.04. The van der Waals surface area contributed by atoms with Gasteiger partial charge in [-0.05, 0) is 61.1 Å². The maximum atomic E-state index is 12.9. The van der Waals surface area contributed by atoms with Crippen LogP contribution in [0, 0.1) is 6.92 Å². The highest BCUT2D eigenvalue weighted by Gasteiger charge is 2.18. The lowest BCUT2D eigenvalue weighted by atomic mass is 10.2. The molecule has 4 rings (SSSR count). The number of thioether (sulfide) groups is 2. The van der Waals surface area contributed by atoms with Crippen LogP contribution in [0.2, 0.25) is 0 Å². The number of nitrogens with one attached hydrogen (secondary N) is 2. The van der Waals surface area contributed by atoms with Gasteiger partial charge >= 0.3 is 0 Å². The number of rotatable bonds is 14. The van der Waals surface area contributed by atoms with E-state index in [0.29, 0.717) is 28.3 Å². The highest BCUT2D eigenvalue weighted by Crippen LogP contribution is 2.26. The molecule has 13 heteroatoms. The monoisotopic (exact) mass is 597 g/mol. The smallest absolute Gasteiger partial charge is 0.251 e. The number of anilines is 1. The van der Waals surface area contributed by atoms with Gasteiger partial charge in [0.1, 0.15) is 5.75 Å². The highest BCUT2D eigenvalue weighted by molar-refractivity contribution is 8.01. The topological polar surface area (TPSA) is 124 Å². The predicted molar refractivity (Wildman–Crippen MR) is 160 cm³/mol. The number of carbonyl (C=O) groups is 2. The molecule has 2 amide bonds. The van der Waals surface area contributed by atoms with E-state index in [1.807, 2.05) is 42.7 Å². The van der Waals surface area contributed by atoms with Crippen LogP contribution < -0.4 is 15.4 Å². The summed E-state index contributed by atoms with van der Waals surface area (Å²) in [5, 5.41) is 23.5. The maximum Gasteiger partial charge on any atom is 0.251 e. The molecule has 10 nitrogen and oxygen atoms in total. The lowest BCUT2D eigenvalue weighted by Crippen LogP contribution is -2.24. The molecule has 2 heterocycles. The largest absolute Gasteiger partial charge is 0.494 e. The van der Waals surface area contributed by atoms with Crippen LogP contribution in [0.5, 0.6) is 5.75 Å². The molecule has 2 aromatic carbocycles. The van der Waals surface area contributed by atoms with Crippen molar-refractivity contribution in [2.24, 2.45) is 0 Å². The molecular formula is C27H31N7O3S3. The van der Waals surface area contributed by atoms with E-state index in [4.69, 9.17) is 4.74 Å². The van der Waals surface area contributed by atoms with Crippen LogP contribution in [0.4, 0.5) is 5.13 Å². The third-order valence-corrected chi connectivity index (χ3v) is 8.29. The Morgan fingerprint density at radius 2 is 1.85 bits per heavy atom. The van der Waals surface area contributed by atoms with E-state index in [1.165, 1.54) is 23.1 Å². The quantitative estimate of drug-likeness (QED) is 0.112. The molecule has 0 atom stereocenters. The first-order valence-corrected chi connectivity index (χ1v) is 15.7. The van der Waals surface area contributed by atoms with Crippen molar-refractivity contribution < 1.29 is 14.3 Å². The maximum absolute atomic E-state index is 12.9.